The van der Waals surface area contributed by atoms with Gasteiger partial charge in [-0.2, -0.15) is 5.26 Å². The lowest BCUT2D eigenvalue weighted by Gasteiger charge is -2.30. The van der Waals surface area contributed by atoms with E-state index in [1.54, 1.807) is 23.9 Å². The van der Waals surface area contributed by atoms with Crippen LogP contribution in [0.1, 0.15) is 29.5 Å². The van der Waals surface area contributed by atoms with Gasteiger partial charge in [0.05, 0.1) is 23.5 Å². The maximum Gasteiger partial charge on any atom is 0.234 e. The number of benzene rings is 2. The van der Waals surface area contributed by atoms with E-state index in [0.717, 1.165) is 55.0 Å². The van der Waals surface area contributed by atoms with Gasteiger partial charge in [-0.3, -0.25) is 9.69 Å². The lowest BCUT2D eigenvalue weighted by atomic mass is 10.1. The predicted octanol–water partition coefficient (Wildman–Crippen LogP) is 3.39. The number of aliphatic hydroxyl groups is 1. The Morgan fingerprint density at radius 3 is 2.61 bits per heavy atom. The lowest BCUT2D eigenvalue weighted by Crippen LogP contribution is -2.35. The van der Waals surface area contributed by atoms with Crippen molar-refractivity contribution in [2.75, 3.05) is 24.2 Å². The Kier molecular flexibility index (Phi) is 7.49. The minimum atomic E-state index is -0.181. The average molecular weight is 396 g/mol. The topological polar surface area (TPSA) is 76.4 Å². The van der Waals surface area contributed by atoms with Crippen molar-refractivity contribution < 1.29 is 9.90 Å². The molecule has 28 heavy (non-hydrogen) atoms. The molecule has 146 valence electrons. The standard InChI is InChI=1S/C22H25N3O2S/c23-13-17-5-7-18(8-6-17)15-28-16-22(27)24-21-4-2-1-3-19(21)14-25-11-9-20(26)10-12-25/h1-8,20,26H,9-12,14-16H2,(H,24,27). The van der Waals surface area contributed by atoms with Crippen molar-refractivity contribution in [2.24, 2.45) is 0 Å². The lowest BCUT2D eigenvalue weighted by molar-refractivity contribution is -0.113. The summed E-state index contributed by atoms with van der Waals surface area (Å²) in [5, 5.41) is 21.5. The number of nitrogens with one attached hydrogen (secondary N) is 1. The molecule has 2 N–H and O–H groups in total. The number of piperidine rings is 1. The van der Waals surface area contributed by atoms with Crippen molar-refractivity contribution in [3.63, 3.8) is 0 Å². The first-order chi connectivity index (χ1) is 13.6. The fraction of sp³-hybridized carbons (Fsp3) is 0.364. The number of hydrogen-bond donors (Lipinski definition) is 2. The Morgan fingerprint density at radius 1 is 1.18 bits per heavy atom. The van der Waals surface area contributed by atoms with Gasteiger partial charge in [-0.15, -0.1) is 11.8 Å². The zero-order chi connectivity index (χ0) is 19.8. The normalized spacial score (nSPS) is 15.1. The molecule has 6 heteroatoms. The number of likely N-dealkylation sites (tertiary alicyclic amines) is 1. The second-order valence-electron chi connectivity index (χ2n) is 7.01. The third kappa shape index (κ3) is 6.10. The Labute approximate surface area is 170 Å². The third-order valence-electron chi connectivity index (χ3n) is 4.83. The van der Waals surface area contributed by atoms with Gasteiger partial charge in [0.2, 0.25) is 5.91 Å². The fourth-order valence-electron chi connectivity index (χ4n) is 3.22. The summed E-state index contributed by atoms with van der Waals surface area (Å²) in [6, 6.07) is 17.5. The van der Waals surface area contributed by atoms with Gasteiger partial charge >= 0.3 is 0 Å². The number of nitriles is 1. The first-order valence-corrected chi connectivity index (χ1v) is 10.6. The molecule has 0 saturated carbocycles. The van der Waals surface area contributed by atoms with Gasteiger partial charge in [-0.05, 0) is 42.2 Å². The van der Waals surface area contributed by atoms with E-state index >= 15 is 0 Å². The largest absolute Gasteiger partial charge is 0.393 e. The van der Waals surface area contributed by atoms with Gasteiger partial charge in [0.1, 0.15) is 0 Å². The quantitative estimate of drug-likeness (QED) is 0.752. The van der Waals surface area contributed by atoms with Crippen LogP contribution in [-0.4, -0.2) is 40.9 Å². The van der Waals surface area contributed by atoms with Crippen LogP contribution in [0.25, 0.3) is 0 Å². The molecule has 0 unspecified atom stereocenters. The first-order valence-electron chi connectivity index (χ1n) is 9.49. The molecular weight excluding hydrogens is 370 g/mol. The molecule has 2 aromatic carbocycles. The van der Waals surface area contributed by atoms with Crippen LogP contribution in [0.5, 0.6) is 0 Å². The van der Waals surface area contributed by atoms with E-state index in [1.165, 1.54) is 0 Å². The van der Waals surface area contributed by atoms with Crippen molar-refractivity contribution in [3.05, 3.63) is 65.2 Å². The molecule has 2 aromatic rings. The Bertz CT molecular complexity index is 824. The van der Waals surface area contributed by atoms with E-state index in [1.807, 2.05) is 36.4 Å². The van der Waals surface area contributed by atoms with Crippen molar-refractivity contribution in [1.82, 2.24) is 4.90 Å². The van der Waals surface area contributed by atoms with E-state index in [0.29, 0.717) is 11.3 Å². The highest BCUT2D eigenvalue weighted by Crippen LogP contribution is 2.21. The SMILES string of the molecule is N#Cc1ccc(CSCC(=O)Nc2ccccc2CN2CCC(O)CC2)cc1. The van der Waals surface area contributed by atoms with Crippen molar-refractivity contribution >= 4 is 23.4 Å². The van der Waals surface area contributed by atoms with Crippen LogP contribution >= 0.6 is 11.8 Å². The van der Waals surface area contributed by atoms with E-state index in [9.17, 15) is 9.90 Å². The molecule has 1 heterocycles. The maximum absolute atomic E-state index is 12.4. The number of nitrogens with zero attached hydrogens (tertiary/aromatic N) is 2. The fourth-order valence-corrected chi connectivity index (χ4v) is 4.01. The predicted molar refractivity (Wildman–Crippen MR) is 113 cm³/mol. The number of carbonyl (C=O) groups excluding carboxylic acids is 1. The molecule has 0 aliphatic carbocycles. The van der Waals surface area contributed by atoms with E-state index in [-0.39, 0.29) is 12.0 Å². The van der Waals surface area contributed by atoms with Crippen molar-refractivity contribution in [3.8, 4) is 6.07 Å². The molecule has 5 nitrogen and oxygen atoms in total. The number of aliphatic hydroxyl groups excluding tert-OH is 1. The monoisotopic (exact) mass is 395 g/mol. The summed E-state index contributed by atoms with van der Waals surface area (Å²) in [7, 11) is 0. The first kappa shape index (κ1) is 20.4. The number of hydrogen-bond acceptors (Lipinski definition) is 5. The van der Waals surface area contributed by atoms with Crippen LogP contribution in [0.15, 0.2) is 48.5 Å². The van der Waals surface area contributed by atoms with Crippen LogP contribution in [0.4, 0.5) is 5.69 Å². The molecule has 1 fully saturated rings. The highest BCUT2D eigenvalue weighted by Gasteiger charge is 2.18. The van der Waals surface area contributed by atoms with Gasteiger partial charge in [0.15, 0.2) is 0 Å². The molecule has 0 aromatic heterocycles. The molecule has 1 saturated heterocycles. The van der Waals surface area contributed by atoms with Crippen LogP contribution in [-0.2, 0) is 17.1 Å². The van der Waals surface area contributed by atoms with Gasteiger partial charge < -0.3 is 10.4 Å². The Balaban J connectivity index is 1.49. The number of thioether (sulfide) groups is 1. The molecule has 0 bridgehead atoms. The summed E-state index contributed by atoms with van der Waals surface area (Å²) < 4.78 is 0. The highest BCUT2D eigenvalue weighted by molar-refractivity contribution is 7.99. The number of amides is 1. The van der Waals surface area contributed by atoms with E-state index in [2.05, 4.69) is 16.3 Å². The van der Waals surface area contributed by atoms with Crippen molar-refractivity contribution in [2.45, 2.75) is 31.2 Å². The Morgan fingerprint density at radius 2 is 1.89 bits per heavy atom. The summed E-state index contributed by atoms with van der Waals surface area (Å²) in [6.45, 7) is 2.54. The van der Waals surface area contributed by atoms with E-state index < -0.39 is 0 Å². The molecule has 0 radical (unpaired) electrons. The number of anilines is 1. The number of rotatable bonds is 7. The van der Waals surface area contributed by atoms with Crippen LogP contribution in [0.2, 0.25) is 0 Å². The highest BCUT2D eigenvalue weighted by atomic mass is 32.2. The van der Waals surface area contributed by atoms with Crippen LogP contribution in [0.3, 0.4) is 0 Å². The summed E-state index contributed by atoms with van der Waals surface area (Å²) in [4.78, 5) is 14.7. The summed E-state index contributed by atoms with van der Waals surface area (Å²) >= 11 is 1.56. The molecule has 3 rings (SSSR count). The summed E-state index contributed by atoms with van der Waals surface area (Å²) in [6.07, 6.45) is 1.43. The molecule has 1 amide bonds. The molecule has 1 aliphatic heterocycles. The smallest absolute Gasteiger partial charge is 0.234 e. The van der Waals surface area contributed by atoms with Crippen LogP contribution < -0.4 is 5.32 Å². The molecule has 0 spiro atoms. The average Bonchev–Trinajstić information content (AvgIpc) is 2.72. The van der Waals surface area contributed by atoms with Gasteiger partial charge in [0.25, 0.3) is 0 Å². The number of carbonyl (C=O) groups is 1. The third-order valence-corrected chi connectivity index (χ3v) is 5.83. The Hall–Kier alpha value is -2.33. The number of para-hydroxylation sites is 1. The zero-order valence-corrected chi connectivity index (χ0v) is 16.6. The minimum absolute atomic E-state index is 0.0137. The second kappa shape index (κ2) is 10.3. The molecule has 1 aliphatic rings. The maximum atomic E-state index is 12.4. The molecule has 0 atom stereocenters. The zero-order valence-electron chi connectivity index (χ0n) is 15.8. The van der Waals surface area contributed by atoms with Gasteiger partial charge in [0, 0.05) is 31.1 Å². The molecular formula is C22H25N3O2S. The van der Waals surface area contributed by atoms with Crippen molar-refractivity contribution in [1.29, 1.82) is 5.26 Å². The summed E-state index contributed by atoms with van der Waals surface area (Å²) in [5.41, 5.74) is 3.71. The second-order valence-corrected chi connectivity index (χ2v) is 8.00. The van der Waals surface area contributed by atoms with Gasteiger partial charge in [-0.25, -0.2) is 0 Å². The van der Waals surface area contributed by atoms with E-state index in [4.69, 9.17) is 5.26 Å². The minimum Gasteiger partial charge on any atom is -0.393 e. The summed E-state index contributed by atoms with van der Waals surface area (Å²) in [5.74, 6) is 1.10. The van der Waals surface area contributed by atoms with Crippen LogP contribution in [0, 0.1) is 11.3 Å². The van der Waals surface area contributed by atoms with Gasteiger partial charge in [-0.1, -0.05) is 30.3 Å².